The third-order valence-corrected chi connectivity index (χ3v) is 5.76. The molecule has 0 unspecified atom stereocenters. The Morgan fingerprint density at radius 3 is 2.44 bits per heavy atom. The molecule has 1 fully saturated rings. The smallest absolute Gasteiger partial charge is 0.129 e. The number of hydrogen-bond acceptors (Lipinski definition) is 6. The molecule has 32 heavy (non-hydrogen) atoms. The SMILES string of the molecule is Fc1ccc(OCCN2CCN(c3ccc4cccc(-c5cncnc5)c4n3)CC2)cc1. The van der Waals surface area contributed by atoms with Crippen LogP contribution >= 0.6 is 0 Å². The van der Waals surface area contributed by atoms with E-state index in [9.17, 15) is 4.39 Å². The van der Waals surface area contributed by atoms with Crippen LogP contribution in [-0.2, 0) is 0 Å². The van der Waals surface area contributed by atoms with Gasteiger partial charge in [0.15, 0.2) is 0 Å². The lowest BCUT2D eigenvalue weighted by Gasteiger charge is -2.35. The summed E-state index contributed by atoms with van der Waals surface area (Å²) in [5.74, 6) is 1.44. The summed E-state index contributed by atoms with van der Waals surface area (Å²) in [6.45, 7) is 5.13. The first-order chi connectivity index (χ1) is 15.8. The van der Waals surface area contributed by atoms with Gasteiger partial charge in [-0.1, -0.05) is 18.2 Å². The summed E-state index contributed by atoms with van der Waals surface area (Å²) < 4.78 is 18.7. The quantitative estimate of drug-likeness (QED) is 0.461. The molecule has 0 radical (unpaired) electrons. The van der Waals surface area contributed by atoms with Crippen molar-refractivity contribution in [3.8, 4) is 16.9 Å². The van der Waals surface area contributed by atoms with Crippen LogP contribution in [0.25, 0.3) is 22.0 Å². The van der Waals surface area contributed by atoms with E-state index in [0.29, 0.717) is 12.4 Å². The minimum atomic E-state index is -0.250. The van der Waals surface area contributed by atoms with E-state index in [1.807, 2.05) is 18.5 Å². The molecule has 1 aliphatic heterocycles. The molecule has 0 bridgehead atoms. The first-order valence-electron chi connectivity index (χ1n) is 10.8. The van der Waals surface area contributed by atoms with Gasteiger partial charge in [-0.05, 0) is 36.4 Å². The van der Waals surface area contributed by atoms with Gasteiger partial charge in [0.1, 0.15) is 30.3 Å². The van der Waals surface area contributed by atoms with Gasteiger partial charge in [-0.2, -0.15) is 0 Å². The number of piperazine rings is 1. The minimum absolute atomic E-state index is 0.250. The van der Waals surface area contributed by atoms with Crippen LogP contribution in [0.3, 0.4) is 0 Å². The zero-order valence-corrected chi connectivity index (χ0v) is 17.7. The molecular weight excluding hydrogens is 405 g/mol. The topological polar surface area (TPSA) is 54.4 Å². The van der Waals surface area contributed by atoms with E-state index >= 15 is 0 Å². The maximum Gasteiger partial charge on any atom is 0.129 e. The van der Waals surface area contributed by atoms with Crippen LogP contribution < -0.4 is 9.64 Å². The predicted octanol–water partition coefficient (Wildman–Crippen LogP) is 4.03. The van der Waals surface area contributed by atoms with Crippen molar-refractivity contribution in [2.24, 2.45) is 0 Å². The molecule has 0 amide bonds. The van der Waals surface area contributed by atoms with Crippen molar-refractivity contribution in [2.75, 3.05) is 44.2 Å². The van der Waals surface area contributed by atoms with Crippen molar-refractivity contribution in [1.29, 1.82) is 0 Å². The summed E-state index contributed by atoms with van der Waals surface area (Å²) in [5, 5.41) is 1.10. The number of ether oxygens (including phenoxy) is 1. The van der Waals surface area contributed by atoms with Gasteiger partial charge in [-0.3, -0.25) is 4.90 Å². The summed E-state index contributed by atoms with van der Waals surface area (Å²) in [6, 6.07) is 16.6. The van der Waals surface area contributed by atoms with Crippen molar-refractivity contribution in [1.82, 2.24) is 19.9 Å². The Bertz CT molecular complexity index is 1180. The van der Waals surface area contributed by atoms with E-state index in [0.717, 1.165) is 60.6 Å². The fourth-order valence-corrected chi connectivity index (χ4v) is 4.01. The number of nitrogens with zero attached hydrogens (tertiary/aromatic N) is 5. The minimum Gasteiger partial charge on any atom is -0.492 e. The van der Waals surface area contributed by atoms with Crippen molar-refractivity contribution < 1.29 is 9.13 Å². The number of para-hydroxylation sites is 1. The molecule has 1 saturated heterocycles. The molecule has 0 aliphatic carbocycles. The molecule has 6 nitrogen and oxygen atoms in total. The molecule has 162 valence electrons. The average molecular weight is 429 g/mol. The summed E-state index contributed by atoms with van der Waals surface area (Å²) in [4.78, 5) is 18.0. The van der Waals surface area contributed by atoms with Crippen molar-refractivity contribution >= 4 is 16.7 Å². The number of halogens is 1. The molecule has 0 atom stereocenters. The van der Waals surface area contributed by atoms with E-state index in [2.05, 4.69) is 44.0 Å². The number of pyridine rings is 1. The number of hydrogen-bond donors (Lipinski definition) is 0. The van der Waals surface area contributed by atoms with Gasteiger partial charge >= 0.3 is 0 Å². The van der Waals surface area contributed by atoms with Crippen LogP contribution in [0.5, 0.6) is 5.75 Å². The summed E-state index contributed by atoms with van der Waals surface area (Å²) in [7, 11) is 0. The molecule has 0 spiro atoms. The highest BCUT2D eigenvalue weighted by atomic mass is 19.1. The lowest BCUT2D eigenvalue weighted by atomic mass is 10.0. The molecular formula is C25H24FN5O. The monoisotopic (exact) mass is 429 g/mol. The Morgan fingerprint density at radius 1 is 0.875 bits per heavy atom. The van der Waals surface area contributed by atoms with E-state index < -0.39 is 0 Å². The molecule has 7 heteroatoms. The van der Waals surface area contributed by atoms with E-state index in [-0.39, 0.29) is 5.82 Å². The van der Waals surface area contributed by atoms with Gasteiger partial charge in [-0.15, -0.1) is 0 Å². The van der Waals surface area contributed by atoms with Gasteiger partial charge in [0.25, 0.3) is 0 Å². The highest BCUT2D eigenvalue weighted by molar-refractivity contribution is 5.94. The number of aromatic nitrogens is 3. The lowest BCUT2D eigenvalue weighted by Crippen LogP contribution is -2.47. The van der Waals surface area contributed by atoms with Gasteiger partial charge in [0.2, 0.25) is 0 Å². The highest BCUT2D eigenvalue weighted by Gasteiger charge is 2.18. The van der Waals surface area contributed by atoms with Gasteiger partial charge < -0.3 is 9.64 Å². The number of fused-ring (bicyclic) bond motifs is 1. The molecule has 0 N–H and O–H groups in total. The second-order valence-electron chi connectivity index (χ2n) is 7.80. The van der Waals surface area contributed by atoms with E-state index in [4.69, 9.17) is 9.72 Å². The van der Waals surface area contributed by atoms with E-state index in [1.165, 1.54) is 18.5 Å². The molecule has 3 heterocycles. The van der Waals surface area contributed by atoms with Gasteiger partial charge in [0, 0.05) is 61.6 Å². The van der Waals surface area contributed by atoms with Crippen molar-refractivity contribution in [2.45, 2.75) is 0 Å². The average Bonchev–Trinajstić information content (AvgIpc) is 2.85. The Kier molecular flexibility index (Phi) is 5.89. The number of benzene rings is 2. The van der Waals surface area contributed by atoms with Gasteiger partial charge in [0.05, 0.1) is 5.52 Å². The third-order valence-electron chi connectivity index (χ3n) is 5.76. The Labute approximate surface area is 186 Å². The van der Waals surface area contributed by atoms with Crippen molar-refractivity contribution in [3.63, 3.8) is 0 Å². The van der Waals surface area contributed by atoms with Crippen LogP contribution in [0.4, 0.5) is 10.2 Å². The van der Waals surface area contributed by atoms with Crippen LogP contribution in [0.2, 0.25) is 0 Å². The molecule has 5 rings (SSSR count). The van der Waals surface area contributed by atoms with Gasteiger partial charge in [-0.25, -0.2) is 19.3 Å². The zero-order valence-electron chi connectivity index (χ0n) is 17.7. The Balaban J connectivity index is 1.22. The highest BCUT2D eigenvalue weighted by Crippen LogP contribution is 2.28. The summed E-state index contributed by atoms with van der Waals surface area (Å²) in [5.41, 5.74) is 2.98. The van der Waals surface area contributed by atoms with Crippen LogP contribution in [0, 0.1) is 5.82 Å². The third kappa shape index (κ3) is 4.53. The Hall–Kier alpha value is -3.58. The maximum atomic E-state index is 13.0. The van der Waals surface area contributed by atoms with E-state index in [1.54, 1.807) is 12.1 Å². The lowest BCUT2D eigenvalue weighted by molar-refractivity contribution is 0.200. The molecule has 2 aromatic carbocycles. The number of rotatable bonds is 6. The Morgan fingerprint density at radius 2 is 1.66 bits per heavy atom. The summed E-state index contributed by atoms with van der Waals surface area (Å²) in [6.07, 6.45) is 5.18. The normalized spacial score (nSPS) is 14.6. The van der Waals surface area contributed by atoms with Crippen LogP contribution in [0.1, 0.15) is 0 Å². The largest absolute Gasteiger partial charge is 0.492 e. The molecule has 4 aromatic rings. The van der Waals surface area contributed by atoms with Crippen LogP contribution in [-0.4, -0.2) is 59.2 Å². The first-order valence-corrected chi connectivity index (χ1v) is 10.8. The zero-order chi connectivity index (χ0) is 21.8. The molecule has 2 aromatic heterocycles. The molecule has 0 saturated carbocycles. The van der Waals surface area contributed by atoms with Crippen molar-refractivity contribution in [3.05, 3.63) is 79.1 Å². The fourth-order valence-electron chi connectivity index (χ4n) is 4.01. The fraction of sp³-hybridized carbons (Fsp3) is 0.240. The maximum absolute atomic E-state index is 13.0. The standard InChI is InChI=1S/C25H24FN5O/c26-21-5-7-22(8-6-21)32-15-14-30-10-12-31(13-11-30)24-9-4-19-2-1-3-23(25(19)29-24)20-16-27-18-28-17-20/h1-9,16-18H,10-15H2. The second-order valence-corrected chi connectivity index (χ2v) is 7.80. The second kappa shape index (κ2) is 9.28. The molecule has 1 aliphatic rings. The van der Waals surface area contributed by atoms with Crippen LogP contribution in [0.15, 0.2) is 73.3 Å². The summed E-state index contributed by atoms with van der Waals surface area (Å²) >= 11 is 0. The predicted molar refractivity (Wildman–Crippen MR) is 123 cm³/mol. The number of anilines is 1. The first kappa shape index (κ1) is 20.3.